The largest absolute Gasteiger partial charge is 0.504 e. The molecule has 0 radical (unpaired) electrons. The lowest BCUT2D eigenvalue weighted by Crippen LogP contribution is -1.99. The molecule has 2 rings (SSSR count). The first-order chi connectivity index (χ1) is 9.38. The highest BCUT2D eigenvalue weighted by Gasteiger charge is 2.16. The monoisotopic (exact) mass is 331 g/mol. The highest BCUT2D eigenvalue weighted by atomic mass is 35.5. The van der Waals surface area contributed by atoms with Crippen molar-refractivity contribution >= 4 is 39.4 Å². The predicted molar refractivity (Wildman–Crippen MR) is 78.9 cm³/mol. The molecular formula is C12H10ClNO4S2. The van der Waals surface area contributed by atoms with E-state index in [2.05, 4.69) is 4.72 Å². The standard InChI is InChI=1S/C12H10ClNO4S2/c13-10-6-9(20(16,17)18)7-11(12(10)15)14-19-8-4-2-1-3-5-8/h1-7,14-15H,(H,16,17,18). The average Bonchev–Trinajstić information content (AvgIpc) is 2.40. The molecule has 0 aliphatic carbocycles. The zero-order chi connectivity index (χ0) is 14.8. The second-order valence-electron chi connectivity index (χ2n) is 3.79. The lowest BCUT2D eigenvalue weighted by molar-refractivity contribution is 0.475. The Labute approximate surface area is 125 Å². The average molecular weight is 332 g/mol. The number of phenols is 1. The van der Waals surface area contributed by atoms with Gasteiger partial charge in [0.05, 0.1) is 15.6 Å². The van der Waals surface area contributed by atoms with Crippen LogP contribution in [-0.4, -0.2) is 18.1 Å². The number of nitrogens with one attached hydrogen (secondary N) is 1. The van der Waals surface area contributed by atoms with Crippen LogP contribution in [0.5, 0.6) is 5.75 Å². The molecule has 8 heteroatoms. The van der Waals surface area contributed by atoms with Crippen molar-refractivity contribution in [2.75, 3.05) is 4.72 Å². The molecule has 0 fully saturated rings. The molecule has 5 nitrogen and oxygen atoms in total. The summed E-state index contributed by atoms with van der Waals surface area (Å²) in [4.78, 5) is 0.469. The van der Waals surface area contributed by atoms with E-state index >= 15 is 0 Å². The fourth-order valence-electron chi connectivity index (χ4n) is 1.40. The van der Waals surface area contributed by atoms with Crippen LogP contribution in [0.1, 0.15) is 0 Å². The van der Waals surface area contributed by atoms with Gasteiger partial charge >= 0.3 is 0 Å². The molecule has 0 aromatic heterocycles. The third kappa shape index (κ3) is 3.57. The van der Waals surface area contributed by atoms with E-state index in [1.165, 1.54) is 11.9 Å². The topological polar surface area (TPSA) is 86.6 Å². The van der Waals surface area contributed by atoms with Crippen LogP contribution in [-0.2, 0) is 10.1 Å². The zero-order valence-electron chi connectivity index (χ0n) is 9.95. The van der Waals surface area contributed by atoms with E-state index in [4.69, 9.17) is 16.2 Å². The van der Waals surface area contributed by atoms with Crippen molar-refractivity contribution in [3.05, 3.63) is 47.5 Å². The molecule has 0 spiro atoms. The summed E-state index contributed by atoms with van der Waals surface area (Å²) >= 11 is 6.90. The van der Waals surface area contributed by atoms with Gasteiger partial charge in [-0.25, -0.2) is 0 Å². The number of hydrogen-bond acceptors (Lipinski definition) is 5. The van der Waals surface area contributed by atoms with Crippen molar-refractivity contribution < 1.29 is 18.1 Å². The first kappa shape index (κ1) is 15.0. The van der Waals surface area contributed by atoms with Gasteiger partial charge in [-0.15, -0.1) is 0 Å². The SMILES string of the molecule is O=S(=O)(O)c1cc(Cl)c(O)c(NSc2ccccc2)c1. The van der Waals surface area contributed by atoms with Crippen molar-refractivity contribution in [1.82, 2.24) is 0 Å². The molecule has 0 unspecified atom stereocenters. The van der Waals surface area contributed by atoms with Gasteiger partial charge in [0, 0.05) is 4.90 Å². The Morgan fingerprint density at radius 1 is 1.15 bits per heavy atom. The minimum Gasteiger partial charge on any atom is -0.504 e. The van der Waals surface area contributed by atoms with E-state index in [0.29, 0.717) is 0 Å². The summed E-state index contributed by atoms with van der Waals surface area (Å²) in [6.07, 6.45) is 0. The summed E-state index contributed by atoms with van der Waals surface area (Å²) in [6.45, 7) is 0. The van der Waals surface area contributed by atoms with Crippen molar-refractivity contribution in [2.45, 2.75) is 9.79 Å². The lowest BCUT2D eigenvalue weighted by atomic mass is 10.3. The molecule has 0 aliphatic rings. The van der Waals surface area contributed by atoms with Crippen LogP contribution in [0.15, 0.2) is 52.3 Å². The Hall–Kier alpha value is -1.41. The van der Waals surface area contributed by atoms with Crippen molar-refractivity contribution in [1.29, 1.82) is 0 Å². The number of aromatic hydroxyl groups is 1. The van der Waals surface area contributed by atoms with E-state index in [-0.39, 0.29) is 16.5 Å². The quantitative estimate of drug-likeness (QED) is 0.452. The molecular weight excluding hydrogens is 322 g/mol. The number of anilines is 1. The summed E-state index contributed by atoms with van der Waals surface area (Å²) in [6, 6.07) is 11.3. The number of halogens is 1. The number of rotatable bonds is 4. The maximum absolute atomic E-state index is 11.1. The fraction of sp³-hybridized carbons (Fsp3) is 0. The van der Waals surface area contributed by atoms with Crippen LogP contribution in [0.25, 0.3) is 0 Å². The van der Waals surface area contributed by atoms with Crippen molar-refractivity contribution in [2.24, 2.45) is 0 Å². The third-order valence-corrected chi connectivity index (χ3v) is 4.31. The Morgan fingerprint density at radius 3 is 2.40 bits per heavy atom. The second kappa shape index (κ2) is 5.92. The summed E-state index contributed by atoms with van der Waals surface area (Å²) in [7, 11) is -4.39. The molecule has 0 saturated heterocycles. The highest BCUT2D eigenvalue weighted by molar-refractivity contribution is 8.00. The minimum absolute atomic E-state index is 0.0963. The maximum atomic E-state index is 11.1. The van der Waals surface area contributed by atoms with Crippen molar-refractivity contribution in [3.8, 4) is 5.75 Å². The minimum atomic E-state index is -4.39. The van der Waals surface area contributed by atoms with Crippen LogP contribution >= 0.6 is 23.5 Å². The van der Waals surface area contributed by atoms with Gasteiger partial charge in [-0.1, -0.05) is 29.8 Å². The van der Waals surface area contributed by atoms with Gasteiger partial charge in [0.1, 0.15) is 0 Å². The summed E-state index contributed by atoms with van der Waals surface area (Å²) in [5.74, 6) is -0.289. The van der Waals surface area contributed by atoms with E-state index in [0.717, 1.165) is 17.0 Å². The third-order valence-electron chi connectivity index (χ3n) is 2.36. The molecule has 0 bridgehead atoms. The molecule has 2 aromatic carbocycles. The summed E-state index contributed by atoms with van der Waals surface area (Å²) in [5, 5.41) is 9.61. The molecule has 3 N–H and O–H groups in total. The van der Waals surface area contributed by atoms with Gasteiger partial charge in [0.2, 0.25) is 0 Å². The van der Waals surface area contributed by atoms with E-state index in [9.17, 15) is 13.5 Å². The Balaban J connectivity index is 2.29. The number of benzene rings is 2. The Bertz CT molecular complexity index is 720. The molecule has 0 aliphatic heterocycles. The maximum Gasteiger partial charge on any atom is 0.294 e. The summed E-state index contributed by atoms with van der Waals surface area (Å²) < 4.78 is 34.0. The second-order valence-corrected chi connectivity index (χ2v) is 6.50. The van der Waals surface area contributed by atoms with E-state index < -0.39 is 15.0 Å². The van der Waals surface area contributed by atoms with Crippen LogP contribution in [0.3, 0.4) is 0 Å². The smallest absolute Gasteiger partial charge is 0.294 e. The van der Waals surface area contributed by atoms with Crippen LogP contribution in [0.2, 0.25) is 5.02 Å². The van der Waals surface area contributed by atoms with Gasteiger partial charge in [-0.3, -0.25) is 4.55 Å². The van der Waals surface area contributed by atoms with E-state index in [1.54, 1.807) is 0 Å². The van der Waals surface area contributed by atoms with E-state index in [1.807, 2.05) is 30.3 Å². The van der Waals surface area contributed by atoms with Gasteiger partial charge in [0.25, 0.3) is 10.1 Å². The van der Waals surface area contributed by atoms with Gasteiger partial charge in [-0.2, -0.15) is 8.42 Å². The molecule has 0 heterocycles. The van der Waals surface area contributed by atoms with Crippen LogP contribution < -0.4 is 4.72 Å². The Morgan fingerprint density at radius 2 is 1.80 bits per heavy atom. The predicted octanol–water partition coefficient (Wildman–Crippen LogP) is 3.41. The van der Waals surface area contributed by atoms with Crippen LogP contribution in [0, 0.1) is 0 Å². The molecule has 0 amide bonds. The Kier molecular flexibility index (Phi) is 4.44. The van der Waals surface area contributed by atoms with Crippen LogP contribution in [0.4, 0.5) is 5.69 Å². The molecule has 0 saturated carbocycles. The normalized spacial score (nSPS) is 11.3. The first-order valence-corrected chi connectivity index (χ1v) is 7.99. The zero-order valence-corrected chi connectivity index (χ0v) is 12.3. The van der Waals surface area contributed by atoms with Crippen molar-refractivity contribution in [3.63, 3.8) is 0 Å². The first-order valence-electron chi connectivity index (χ1n) is 5.36. The molecule has 2 aromatic rings. The fourth-order valence-corrected chi connectivity index (χ4v) is 2.90. The van der Waals surface area contributed by atoms with Gasteiger partial charge in [0.15, 0.2) is 5.75 Å². The van der Waals surface area contributed by atoms with Gasteiger partial charge < -0.3 is 9.83 Å². The molecule has 20 heavy (non-hydrogen) atoms. The lowest BCUT2D eigenvalue weighted by Gasteiger charge is -2.10. The highest BCUT2D eigenvalue weighted by Crippen LogP contribution is 2.37. The number of hydrogen-bond donors (Lipinski definition) is 3. The number of phenolic OH excluding ortho intramolecular Hbond substituents is 1. The molecule has 0 atom stereocenters. The summed E-state index contributed by atoms with van der Waals surface area (Å²) in [5.41, 5.74) is 0.0963. The van der Waals surface area contributed by atoms with Gasteiger partial charge in [-0.05, 0) is 36.2 Å². The molecule has 106 valence electrons.